The molecule has 0 bridgehead atoms. The van der Waals surface area contributed by atoms with E-state index in [1.165, 1.54) is 0 Å². The van der Waals surface area contributed by atoms with Crippen molar-refractivity contribution in [2.24, 2.45) is 0 Å². The zero-order chi connectivity index (χ0) is 16.4. The van der Waals surface area contributed by atoms with Crippen molar-refractivity contribution in [2.75, 3.05) is 13.2 Å². The van der Waals surface area contributed by atoms with Crippen molar-refractivity contribution >= 4 is 8.07 Å². The first-order chi connectivity index (χ1) is 10.4. The second kappa shape index (κ2) is 9.33. The van der Waals surface area contributed by atoms with Crippen LogP contribution in [-0.4, -0.2) is 27.6 Å². The summed E-state index contributed by atoms with van der Waals surface area (Å²) in [5, 5.41) is 0. The Balaban J connectivity index is 2.82. The Labute approximate surface area is 135 Å². The molecule has 0 spiro atoms. The van der Waals surface area contributed by atoms with Gasteiger partial charge in [-0.15, -0.1) is 5.54 Å². The lowest BCUT2D eigenvalue weighted by atomic mass is 10.2. The van der Waals surface area contributed by atoms with E-state index in [0.717, 1.165) is 5.57 Å². The van der Waals surface area contributed by atoms with Crippen LogP contribution in [-0.2, 0) is 14.2 Å². The summed E-state index contributed by atoms with van der Waals surface area (Å²) in [5.74, 6) is 9.58. The first kappa shape index (κ1) is 18.3. The number of hydrogen-bond donors (Lipinski definition) is 0. The summed E-state index contributed by atoms with van der Waals surface area (Å²) in [6.45, 7) is 11.6. The number of allylic oxidation sites excluding steroid dienone is 5. The third-order valence-electron chi connectivity index (χ3n) is 2.39. The highest BCUT2D eigenvalue weighted by atomic mass is 28.3. The zero-order valence-electron chi connectivity index (χ0n) is 14.0. The van der Waals surface area contributed by atoms with E-state index in [2.05, 4.69) is 42.9 Å². The van der Waals surface area contributed by atoms with Gasteiger partial charge in [-0.1, -0.05) is 25.6 Å². The molecule has 1 rings (SSSR count). The molecule has 0 aromatic carbocycles. The third-order valence-corrected chi connectivity index (χ3v) is 3.26. The molecule has 0 aliphatic carbocycles. The lowest BCUT2D eigenvalue weighted by molar-refractivity contribution is -0.0970. The molecule has 0 N–H and O–H groups in total. The molecule has 0 unspecified atom stereocenters. The minimum atomic E-state index is -1.38. The molecule has 0 aromatic rings. The largest absolute Gasteiger partial charge is 0.456 e. The van der Waals surface area contributed by atoms with Crippen molar-refractivity contribution in [2.45, 2.75) is 39.8 Å². The molecular weight excluding hydrogens is 292 g/mol. The number of rotatable bonds is 4. The molecule has 4 heteroatoms. The van der Waals surface area contributed by atoms with Crippen LogP contribution in [0.15, 0.2) is 35.8 Å². The van der Waals surface area contributed by atoms with Crippen LogP contribution in [0.25, 0.3) is 0 Å². The summed E-state index contributed by atoms with van der Waals surface area (Å²) in [4.78, 5) is 0. The lowest BCUT2D eigenvalue weighted by Crippen LogP contribution is -2.16. The molecule has 3 nitrogen and oxygen atoms in total. The topological polar surface area (TPSA) is 27.7 Å². The summed E-state index contributed by atoms with van der Waals surface area (Å²) in [7, 11) is -1.38. The predicted octanol–water partition coefficient (Wildman–Crippen LogP) is 3.62. The zero-order valence-corrected chi connectivity index (χ0v) is 15.0. The molecular formula is C18H24O3Si. The van der Waals surface area contributed by atoms with Crippen molar-refractivity contribution in [3.05, 3.63) is 35.8 Å². The maximum atomic E-state index is 5.46. The highest BCUT2D eigenvalue weighted by Gasteiger charge is 2.07. The monoisotopic (exact) mass is 316 g/mol. The van der Waals surface area contributed by atoms with Crippen LogP contribution < -0.4 is 0 Å². The summed E-state index contributed by atoms with van der Waals surface area (Å²) in [6.07, 6.45) is 6.66. The van der Waals surface area contributed by atoms with Crippen molar-refractivity contribution in [3.63, 3.8) is 0 Å². The van der Waals surface area contributed by atoms with E-state index in [-0.39, 0.29) is 0 Å². The van der Waals surface area contributed by atoms with Crippen LogP contribution in [0.3, 0.4) is 0 Å². The first-order valence-corrected chi connectivity index (χ1v) is 11.0. The van der Waals surface area contributed by atoms with E-state index in [1.54, 1.807) is 6.26 Å². The Morgan fingerprint density at radius 1 is 1.09 bits per heavy atom. The van der Waals surface area contributed by atoms with Crippen LogP contribution in [0.4, 0.5) is 0 Å². The molecule has 1 heterocycles. The van der Waals surface area contributed by atoms with Gasteiger partial charge < -0.3 is 14.2 Å². The fraction of sp³-hybridized carbons (Fsp3) is 0.444. The van der Waals surface area contributed by atoms with Gasteiger partial charge in [0.1, 0.15) is 8.07 Å². The Morgan fingerprint density at radius 3 is 2.36 bits per heavy atom. The summed E-state index contributed by atoms with van der Waals surface area (Å²) in [6, 6.07) is 0. The van der Waals surface area contributed by atoms with Gasteiger partial charge >= 0.3 is 0 Å². The normalized spacial score (nSPS) is 13.9. The van der Waals surface area contributed by atoms with Gasteiger partial charge in [0.2, 0.25) is 6.29 Å². The predicted molar refractivity (Wildman–Crippen MR) is 92.3 cm³/mol. The SMILES string of the molecule is CCOC(C#CC1=CC=C(C#C[Si](C)(C)C)C=CO1)OCC. The van der Waals surface area contributed by atoms with Crippen LogP contribution in [0.1, 0.15) is 13.8 Å². The van der Waals surface area contributed by atoms with E-state index >= 15 is 0 Å². The number of hydrogen-bond acceptors (Lipinski definition) is 3. The molecule has 0 saturated heterocycles. The van der Waals surface area contributed by atoms with Crippen molar-refractivity contribution in [1.29, 1.82) is 0 Å². The van der Waals surface area contributed by atoms with Gasteiger partial charge in [0.25, 0.3) is 0 Å². The van der Waals surface area contributed by atoms with Crippen molar-refractivity contribution in [1.82, 2.24) is 0 Å². The number of ether oxygens (including phenoxy) is 3. The van der Waals surface area contributed by atoms with Gasteiger partial charge in [0.05, 0.1) is 6.26 Å². The van der Waals surface area contributed by atoms with Crippen molar-refractivity contribution in [3.8, 4) is 23.3 Å². The van der Waals surface area contributed by atoms with Crippen LogP contribution >= 0.6 is 0 Å². The Morgan fingerprint density at radius 2 is 1.77 bits per heavy atom. The molecule has 0 aromatic heterocycles. The summed E-state index contributed by atoms with van der Waals surface area (Å²) >= 11 is 0. The summed E-state index contributed by atoms with van der Waals surface area (Å²) < 4.78 is 16.2. The van der Waals surface area contributed by atoms with Gasteiger partial charge in [-0.2, -0.15) is 0 Å². The molecule has 1 aliphatic heterocycles. The fourth-order valence-electron chi connectivity index (χ4n) is 1.42. The van der Waals surface area contributed by atoms with E-state index in [4.69, 9.17) is 14.2 Å². The summed E-state index contributed by atoms with van der Waals surface area (Å²) in [5.41, 5.74) is 4.25. The average molecular weight is 316 g/mol. The Kier molecular flexibility index (Phi) is 7.77. The maximum absolute atomic E-state index is 5.46. The average Bonchev–Trinajstić information content (AvgIpc) is 2.67. The standard InChI is InChI=1S/C18H24O3Si/c1-6-19-18(20-7-2)11-10-17-9-8-16(12-14-21-17)13-15-22(3,4)5/h8-9,12,14,18H,6-7H2,1-5H3. The van der Waals surface area contributed by atoms with E-state index in [0.29, 0.717) is 19.0 Å². The molecule has 0 amide bonds. The third kappa shape index (κ3) is 7.90. The van der Waals surface area contributed by atoms with Crippen LogP contribution in [0.5, 0.6) is 0 Å². The van der Waals surface area contributed by atoms with Crippen LogP contribution in [0, 0.1) is 23.3 Å². The van der Waals surface area contributed by atoms with Gasteiger partial charge in [0, 0.05) is 18.8 Å². The van der Waals surface area contributed by atoms with Gasteiger partial charge in [-0.3, -0.25) is 0 Å². The molecule has 118 valence electrons. The Bertz CT molecular complexity index is 565. The molecule has 0 saturated carbocycles. The van der Waals surface area contributed by atoms with Crippen LogP contribution in [0.2, 0.25) is 19.6 Å². The van der Waals surface area contributed by atoms with Gasteiger partial charge in [-0.25, -0.2) is 0 Å². The highest BCUT2D eigenvalue weighted by molar-refractivity contribution is 6.83. The second-order valence-electron chi connectivity index (χ2n) is 5.59. The smallest absolute Gasteiger partial charge is 0.222 e. The van der Waals surface area contributed by atoms with Crippen molar-refractivity contribution < 1.29 is 14.2 Å². The quantitative estimate of drug-likeness (QED) is 0.450. The van der Waals surface area contributed by atoms with E-state index in [9.17, 15) is 0 Å². The molecule has 1 aliphatic rings. The fourth-order valence-corrected chi connectivity index (χ4v) is 1.94. The van der Waals surface area contributed by atoms with Gasteiger partial charge in [0.15, 0.2) is 5.76 Å². The molecule has 22 heavy (non-hydrogen) atoms. The van der Waals surface area contributed by atoms with Gasteiger partial charge in [-0.05, 0) is 43.9 Å². The highest BCUT2D eigenvalue weighted by Crippen LogP contribution is 2.08. The first-order valence-electron chi connectivity index (χ1n) is 7.47. The van der Waals surface area contributed by atoms with E-state index in [1.807, 2.05) is 32.1 Å². The Hall–Kier alpha value is -1.72. The minimum Gasteiger partial charge on any atom is -0.456 e. The maximum Gasteiger partial charge on any atom is 0.222 e. The molecule has 0 radical (unpaired) electrons. The lowest BCUT2D eigenvalue weighted by Gasteiger charge is -2.09. The molecule has 0 atom stereocenters. The van der Waals surface area contributed by atoms with E-state index < -0.39 is 14.4 Å². The molecule has 0 fully saturated rings. The second-order valence-corrected chi connectivity index (χ2v) is 10.3. The minimum absolute atomic E-state index is 0.526.